The Labute approximate surface area is 230 Å². The van der Waals surface area contributed by atoms with Gasteiger partial charge in [-0.25, -0.2) is 4.68 Å². The molecule has 0 bridgehead atoms. The van der Waals surface area contributed by atoms with Crippen LogP contribution in [0.4, 0.5) is 11.4 Å². The molecule has 4 rings (SSSR count). The summed E-state index contributed by atoms with van der Waals surface area (Å²) in [5.74, 6) is -2.39. The first kappa shape index (κ1) is 25.4. The predicted molar refractivity (Wildman–Crippen MR) is 149 cm³/mol. The molecular formula is C24H16Br3ClN4O3. The molecule has 3 aromatic carbocycles. The number of halogens is 4. The molecular weight excluding hydrogens is 667 g/mol. The molecule has 178 valence electrons. The van der Waals surface area contributed by atoms with Crippen molar-refractivity contribution in [3.8, 4) is 0 Å². The molecule has 4 aromatic rings. The molecule has 0 aliphatic heterocycles. The second-order valence-electron chi connectivity index (χ2n) is 7.52. The van der Waals surface area contributed by atoms with Crippen LogP contribution in [0, 0.1) is 6.92 Å². The molecule has 0 fully saturated rings. The molecule has 0 saturated heterocycles. The second-order valence-corrected chi connectivity index (χ2v) is 10.6. The molecule has 7 nitrogen and oxygen atoms in total. The van der Waals surface area contributed by atoms with Crippen LogP contribution in [0.5, 0.6) is 0 Å². The van der Waals surface area contributed by atoms with Gasteiger partial charge in [0.15, 0.2) is 0 Å². The van der Waals surface area contributed by atoms with E-state index in [1.54, 1.807) is 48.5 Å². The van der Waals surface area contributed by atoms with Crippen LogP contribution in [-0.4, -0.2) is 22.4 Å². The minimum atomic E-state index is -0.977. The van der Waals surface area contributed by atoms with Crippen LogP contribution < -0.4 is 16.1 Å². The molecule has 0 aliphatic carbocycles. The van der Waals surface area contributed by atoms with E-state index >= 15 is 0 Å². The number of anilines is 2. The van der Waals surface area contributed by atoms with Crippen LogP contribution in [-0.2, 0) is 9.59 Å². The minimum Gasteiger partial charge on any atom is -0.320 e. The van der Waals surface area contributed by atoms with Crippen LogP contribution in [0.3, 0.4) is 0 Å². The first-order chi connectivity index (χ1) is 16.6. The van der Waals surface area contributed by atoms with Crippen molar-refractivity contribution in [3.05, 3.63) is 90.4 Å². The maximum absolute atomic E-state index is 13.2. The van der Waals surface area contributed by atoms with Gasteiger partial charge in [-0.15, -0.1) is 0 Å². The summed E-state index contributed by atoms with van der Waals surface area (Å²) in [6, 6.07) is 17.3. The molecule has 0 saturated carbocycles. The summed E-state index contributed by atoms with van der Waals surface area (Å²) in [6.07, 6.45) is 0. The average Bonchev–Trinajstić information content (AvgIpc) is 3.14. The monoisotopic (exact) mass is 680 g/mol. The van der Waals surface area contributed by atoms with Crippen LogP contribution in [0.25, 0.3) is 10.9 Å². The Hall–Kier alpha value is -2.66. The zero-order chi connectivity index (χ0) is 25.3. The van der Waals surface area contributed by atoms with Gasteiger partial charge in [0.1, 0.15) is 5.69 Å². The van der Waals surface area contributed by atoms with Crippen LogP contribution in [0.1, 0.15) is 16.1 Å². The van der Waals surface area contributed by atoms with Crippen LogP contribution >= 0.6 is 59.4 Å². The van der Waals surface area contributed by atoms with E-state index in [9.17, 15) is 14.4 Å². The van der Waals surface area contributed by atoms with Crippen molar-refractivity contribution in [2.24, 2.45) is 0 Å². The van der Waals surface area contributed by atoms with E-state index in [0.29, 0.717) is 21.1 Å². The van der Waals surface area contributed by atoms with Crippen molar-refractivity contribution in [2.75, 3.05) is 16.1 Å². The van der Waals surface area contributed by atoms with Gasteiger partial charge in [0.25, 0.3) is 5.91 Å². The lowest BCUT2D eigenvalue weighted by Gasteiger charge is -2.14. The van der Waals surface area contributed by atoms with Gasteiger partial charge < -0.3 is 10.6 Å². The second kappa shape index (κ2) is 10.5. The van der Waals surface area contributed by atoms with E-state index in [-0.39, 0.29) is 16.4 Å². The van der Waals surface area contributed by atoms with Crippen molar-refractivity contribution in [1.82, 2.24) is 4.68 Å². The molecule has 0 aliphatic rings. The zero-order valence-corrected chi connectivity index (χ0v) is 23.5. The first-order valence-corrected chi connectivity index (χ1v) is 12.8. The topological polar surface area (TPSA) is 92.2 Å². The SMILES string of the molecule is Cc1ccc(NC(=O)c2cc3cc(Br)ccc3n2NC(=O)C(=O)Nc2ccc(Br)cc2Cl)c(Br)c1. The van der Waals surface area contributed by atoms with Crippen molar-refractivity contribution in [1.29, 1.82) is 0 Å². The number of nitrogens with zero attached hydrogens (tertiary/aromatic N) is 1. The van der Waals surface area contributed by atoms with Gasteiger partial charge in [0.2, 0.25) is 0 Å². The molecule has 0 spiro atoms. The van der Waals surface area contributed by atoms with Gasteiger partial charge in [0.05, 0.1) is 21.9 Å². The van der Waals surface area contributed by atoms with Crippen LogP contribution in [0.15, 0.2) is 74.1 Å². The fourth-order valence-corrected chi connectivity index (χ4v) is 5.00. The Morgan fingerprint density at radius 3 is 2.20 bits per heavy atom. The third-order valence-electron chi connectivity index (χ3n) is 4.97. The standard InChI is InChI=1S/C24H16Br3ClN4O3/c1-12-2-5-18(16(27)8-12)29-22(33)21-10-13-9-14(25)4-7-20(13)32(21)31-24(35)23(34)30-19-6-3-15(26)11-17(19)28/h2-11H,1H3,(H,29,33)(H,30,34)(H,31,35). The van der Waals surface area contributed by atoms with Crippen molar-refractivity contribution in [2.45, 2.75) is 6.92 Å². The largest absolute Gasteiger partial charge is 0.328 e. The number of benzene rings is 3. The van der Waals surface area contributed by atoms with E-state index in [2.05, 4.69) is 63.8 Å². The molecule has 3 N–H and O–H groups in total. The minimum absolute atomic E-state index is 0.133. The molecule has 3 amide bonds. The lowest BCUT2D eigenvalue weighted by Crippen LogP contribution is -2.36. The highest BCUT2D eigenvalue weighted by Crippen LogP contribution is 2.28. The number of hydrogen-bond acceptors (Lipinski definition) is 3. The van der Waals surface area contributed by atoms with Gasteiger partial charge in [-0.3, -0.25) is 19.8 Å². The van der Waals surface area contributed by atoms with E-state index < -0.39 is 17.7 Å². The molecule has 0 unspecified atom stereocenters. The lowest BCUT2D eigenvalue weighted by atomic mass is 10.2. The number of carbonyl (C=O) groups excluding carboxylic acids is 3. The maximum atomic E-state index is 13.2. The summed E-state index contributed by atoms with van der Waals surface area (Å²) in [7, 11) is 0. The van der Waals surface area contributed by atoms with Gasteiger partial charge >= 0.3 is 11.8 Å². The predicted octanol–water partition coefficient (Wildman–Crippen LogP) is 6.85. The van der Waals surface area contributed by atoms with E-state index in [1.807, 2.05) is 19.1 Å². The Kier molecular flexibility index (Phi) is 7.65. The van der Waals surface area contributed by atoms with Gasteiger partial charge in [0, 0.05) is 18.8 Å². The lowest BCUT2D eigenvalue weighted by molar-refractivity contribution is -0.133. The number of hydrogen-bond donors (Lipinski definition) is 3. The third kappa shape index (κ3) is 5.78. The number of rotatable bonds is 4. The van der Waals surface area contributed by atoms with Gasteiger partial charge in [-0.1, -0.05) is 49.5 Å². The number of amides is 3. The quantitative estimate of drug-likeness (QED) is 0.206. The average molecular weight is 684 g/mol. The summed E-state index contributed by atoms with van der Waals surface area (Å²) < 4.78 is 3.52. The number of nitrogens with one attached hydrogen (secondary N) is 3. The fraction of sp³-hybridized carbons (Fsp3) is 0.0417. The molecule has 1 aromatic heterocycles. The normalized spacial score (nSPS) is 10.8. The summed E-state index contributed by atoms with van der Waals surface area (Å²) in [5.41, 5.74) is 5.05. The summed E-state index contributed by atoms with van der Waals surface area (Å²) in [4.78, 5) is 38.6. The van der Waals surface area contributed by atoms with E-state index in [4.69, 9.17) is 11.6 Å². The number of aromatic nitrogens is 1. The number of fused-ring (bicyclic) bond motifs is 1. The highest BCUT2D eigenvalue weighted by atomic mass is 79.9. The molecule has 35 heavy (non-hydrogen) atoms. The van der Waals surface area contributed by atoms with Crippen molar-refractivity contribution < 1.29 is 14.4 Å². The van der Waals surface area contributed by atoms with E-state index in [0.717, 1.165) is 14.5 Å². The van der Waals surface area contributed by atoms with Crippen molar-refractivity contribution in [3.63, 3.8) is 0 Å². The number of aryl methyl sites for hydroxylation is 1. The zero-order valence-electron chi connectivity index (χ0n) is 18.0. The molecule has 11 heteroatoms. The highest BCUT2D eigenvalue weighted by Gasteiger charge is 2.22. The van der Waals surface area contributed by atoms with Gasteiger partial charge in [-0.05, 0) is 83.0 Å². The Morgan fingerprint density at radius 1 is 0.800 bits per heavy atom. The fourth-order valence-electron chi connectivity index (χ4n) is 3.30. The Balaban J connectivity index is 1.64. The number of carbonyl (C=O) groups is 3. The highest BCUT2D eigenvalue weighted by molar-refractivity contribution is 9.11. The van der Waals surface area contributed by atoms with Crippen LogP contribution in [0.2, 0.25) is 5.02 Å². The Morgan fingerprint density at radius 2 is 1.49 bits per heavy atom. The Bertz CT molecular complexity index is 1500. The molecule has 0 atom stereocenters. The summed E-state index contributed by atoms with van der Waals surface area (Å²) in [5, 5.41) is 6.26. The maximum Gasteiger partial charge on any atom is 0.328 e. The molecule has 1 heterocycles. The molecule has 0 radical (unpaired) electrons. The van der Waals surface area contributed by atoms with Gasteiger partial charge in [-0.2, -0.15) is 0 Å². The summed E-state index contributed by atoms with van der Waals surface area (Å²) in [6.45, 7) is 1.94. The van der Waals surface area contributed by atoms with Crippen molar-refractivity contribution >= 4 is 99.4 Å². The smallest absolute Gasteiger partial charge is 0.320 e. The first-order valence-electron chi connectivity index (χ1n) is 10.1. The van der Waals surface area contributed by atoms with E-state index in [1.165, 1.54) is 4.68 Å². The third-order valence-corrected chi connectivity index (χ3v) is 6.92. The summed E-state index contributed by atoms with van der Waals surface area (Å²) >= 11 is 16.3.